The average molecular weight is 386 g/mol. The summed E-state index contributed by atoms with van der Waals surface area (Å²) >= 11 is 0. The highest BCUT2D eigenvalue weighted by atomic mass is 16.5. The number of furan rings is 1. The normalized spacial score (nSPS) is 14.8. The molecule has 0 aliphatic carbocycles. The highest BCUT2D eigenvalue weighted by molar-refractivity contribution is 5.74. The van der Waals surface area contributed by atoms with E-state index < -0.39 is 0 Å². The molecule has 3 rings (SSSR count). The van der Waals surface area contributed by atoms with Crippen LogP contribution in [0.1, 0.15) is 36.1 Å². The minimum absolute atomic E-state index is 0.120. The molecule has 1 aliphatic rings. The van der Waals surface area contributed by atoms with Crippen molar-refractivity contribution in [3.63, 3.8) is 0 Å². The van der Waals surface area contributed by atoms with Crippen LogP contribution in [-0.4, -0.2) is 49.2 Å². The second-order valence-corrected chi connectivity index (χ2v) is 7.31. The fourth-order valence-corrected chi connectivity index (χ4v) is 3.47. The Balaban J connectivity index is 1.48. The van der Waals surface area contributed by atoms with Crippen molar-refractivity contribution in [1.82, 2.24) is 15.1 Å². The van der Waals surface area contributed by atoms with Gasteiger partial charge in [-0.1, -0.05) is 30.7 Å². The minimum atomic E-state index is -0.120. The highest BCUT2D eigenvalue weighted by Crippen LogP contribution is 2.14. The molecule has 0 radical (unpaired) electrons. The summed E-state index contributed by atoms with van der Waals surface area (Å²) < 4.78 is 10.5. The number of amides is 2. The molecule has 0 atom stereocenters. The number of piperidine rings is 1. The molecule has 1 aromatic heterocycles. The van der Waals surface area contributed by atoms with E-state index in [1.54, 1.807) is 18.3 Å². The van der Waals surface area contributed by atoms with E-state index >= 15 is 0 Å². The third kappa shape index (κ3) is 6.39. The molecule has 0 unspecified atom stereocenters. The standard InChI is InChI=1S/C22H31N3O3/c1-27-15-13-25(18-21-6-5-14-28-21)22(26)23-16-19-7-9-20(10-8-19)17-24-11-3-2-4-12-24/h5-10,14H,2-4,11-13,15-18H2,1H3,(H,23,26). The maximum Gasteiger partial charge on any atom is 0.318 e. The summed E-state index contributed by atoms with van der Waals surface area (Å²) in [6, 6.07) is 12.1. The molecular weight excluding hydrogens is 354 g/mol. The summed E-state index contributed by atoms with van der Waals surface area (Å²) in [6.45, 7) is 5.34. The van der Waals surface area contributed by atoms with Crippen LogP contribution < -0.4 is 5.32 Å². The number of likely N-dealkylation sites (tertiary alicyclic amines) is 1. The van der Waals surface area contributed by atoms with E-state index in [1.807, 2.05) is 12.1 Å². The first-order valence-electron chi connectivity index (χ1n) is 10.1. The molecule has 0 spiro atoms. The van der Waals surface area contributed by atoms with Crippen LogP contribution in [0.3, 0.4) is 0 Å². The number of nitrogens with one attached hydrogen (secondary N) is 1. The molecule has 28 heavy (non-hydrogen) atoms. The van der Waals surface area contributed by atoms with Crippen LogP contribution in [0.4, 0.5) is 4.79 Å². The third-order valence-corrected chi connectivity index (χ3v) is 5.10. The van der Waals surface area contributed by atoms with Crippen molar-refractivity contribution in [3.8, 4) is 0 Å². The lowest BCUT2D eigenvalue weighted by molar-refractivity contribution is 0.142. The molecule has 6 nitrogen and oxygen atoms in total. The monoisotopic (exact) mass is 385 g/mol. The maximum absolute atomic E-state index is 12.6. The quantitative estimate of drug-likeness (QED) is 0.716. The molecule has 2 amide bonds. The first-order chi connectivity index (χ1) is 13.7. The van der Waals surface area contributed by atoms with Crippen molar-refractivity contribution in [1.29, 1.82) is 0 Å². The molecule has 0 bridgehead atoms. The summed E-state index contributed by atoms with van der Waals surface area (Å²) in [4.78, 5) is 16.8. The minimum Gasteiger partial charge on any atom is -0.467 e. The fourth-order valence-electron chi connectivity index (χ4n) is 3.47. The van der Waals surface area contributed by atoms with Crippen molar-refractivity contribution < 1.29 is 13.9 Å². The van der Waals surface area contributed by atoms with E-state index in [0.717, 1.165) is 17.9 Å². The van der Waals surface area contributed by atoms with E-state index in [1.165, 1.54) is 37.9 Å². The smallest absolute Gasteiger partial charge is 0.318 e. The van der Waals surface area contributed by atoms with E-state index in [9.17, 15) is 4.79 Å². The van der Waals surface area contributed by atoms with Crippen molar-refractivity contribution in [2.24, 2.45) is 0 Å². The Morgan fingerprint density at radius 2 is 1.89 bits per heavy atom. The number of methoxy groups -OCH3 is 1. The molecule has 6 heteroatoms. The summed E-state index contributed by atoms with van der Waals surface area (Å²) in [7, 11) is 1.63. The topological polar surface area (TPSA) is 58.0 Å². The van der Waals surface area contributed by atoms with Crippen LogP contribution >= 0.6 is 0 Å². The Kier molecular flexibility index (Phi) is 7.94. The second kappa shape index (κ2) is 10.9. The number of benzene rings is 1. The number of carbonyl (C=O) groups excluding carboxylic acids is 1. The molecule has 152 valence electrons. The molecule has 2 heterocycles. The summed E-state index contributed by atoms with van der Waals surface area (Å²) in [6.07, 6.45) is 5.59. The van der Waals surface area contributed by atoms with E-state index in [0.29, 0.717) is 26.2 Å². The Morgan fingerprint density at radius 3 is 2.57 bits per heavy atom. The van der Waals surface area contributed by atoms with Gasteiger partial charge in [-0.2, -0.15) is 0 Å². The van der Waals surface area contributed by atoms with Crippen molar-refractivity contribution in [3.05, 3.63) is 59.5 Å². The van der Waals surface area contributed by atoms with Crippen LogP contribution in [-0.2, 0) is 24.4 Å². The van der Waals surface area contributed by atoms with Crippen molar-refractivity contribution in [2.75, 3.05) is 33.4 Å². The summed E-state index contributed by atoms with van der Waals surface area (Å²) in [5, 5.41) is 3.00. The van der Waals surface area contributed by atoms with Gasteiger partial charge in [-0.3, -0.25) is 4.90 Å². The van der Waals surface area contributed by atoms with E-state index in [2.05, 4.69) is 34.5 Å². The lowest BCUT2D eigenvalue weighted by atomic mass is 10.1. The van der Waals surface area contributed by atoms with Gasteiger partial charge in [0.1, 0.15) is 5.76 Å². The Bertz CT molecular complexity index is 694. The largest absolute Gasteiger partial charge is 0.467 e. The van der Waals surface area contributed by atoms with Gasteiger partial charge in [-0.05, 0) is 49.2 Å². The maximum atomic E-state index is 12.6. The number of carbonyl (C=O) groups is 1. The van der Waals surface area contributed by atoms with Gasteiger partial charge in [0.15, 0.2) is 0 Å². The second-order valence-electron chi connectivity index (χ2n) is 7.31. The lowest BCUT2D eigenvalue weighted by Crippen LogP contribution is -2.40. The Labute approximate surface area is 167 Å². The van der Waals surface area contributed by atoms with Crippen LogP contribution in [0, 0.1) is 0 Å². The summed E-state index contributed by atoms with van der Waals surface area (Å²) in [5.41, 5.74) is 2.43. The zero-order valence-corrected chi connectivity index (χ0v) is 16.7. The van der Waals surface area contributed by atoms with Gasteiger partial charge in [-0.15, -0.1) is 0 Å². The number of hydrogen-bond acceptors (Lipinski definition) is 4. The number of ether oxygens (including phenoxy) is 1. The zero-order chi connectivity index (χ0) is 19.6. The van der Waals surface area contributed by atoms with Crippen molar-refractivity contribution in [2.45, 2.75) is 38.9 Å². The predicted octanol–water partition coefficient (Wildman–Crippen LogP) is 3.62. The molecule has 1 N–H and O–H groups in total. The Morgan fingerprint density at radius 1 is 1.14 bits per heavy atom. The molecule has 1 aromatic carbocycles. The molecule has 1 fully saturated rings. The molecule has 2 aromatic rings. The number of rotatable bonds is 9. The van der Waals surface area contributed by atoms with Gasteiger partial charge in [0.25, 0.3) is 0 Å². The van der Waals surface area contributed by atoms with Crippen LogP contribution in [0.15, 0.2) is 47.1 Å². The van der Waals surface area contributed by atoms with E-state index in [4.69, 9.17) is 9.15 Å². The Hall–Kier alpha value is -2.31. The van der Waals surface area contributed by atoms with Gasteiger partial charge in [0.2, 0.25) is 0 Å². The molecule has 0 saturated carbocycles. The molecule has 1 aliphatic heterocycles. The van der Waals surface area contributed by atoms with E-state index in [-0.39, 0.29) is 6.03 Å². The van der Waals surface area contributed by atoms with Gasteiger partial charge < -0.3 is 19.4 Å². The molecule has 1 saturated heterocycles. The summed E-state index contributed by atoms with van der Waals surface area (Å²) in [5.74, 6) is 0.758. The van der Waals surface area contributed by atoms with Crippen LogP contribution in [0.5, 0.6) is 0 Å². The van der Waals surface area contributed by atoms with Crippen LogP contribution in [0.25, 0.3) is 0 Å². The first-order valence-corrected chi connectivity index (χ1v) is 10.1. The predicted molar refractivity (Wildman–Crippen MR) is 109 cm³/mol. The first kappa shape index (κ1) is 20.4. The van der Waals surface area contributed by atoms with Gasteiger partial charge in [0, 0.05) is 26.7 Å². The number of urea groups is 1. The number of nitrogens with zero attached hydrogens (tertiary/aromatic N) is 2. The molecular formula is C22H31N3O3. The lowest BCUT2D eigenvalue weighted by Gasteiger charge is -2.26. The van der Waals surface area contributed by atoms with Gasteiger partial charge in [0.05, 0.1) is 19.4 Å². The average Bonchev–Trinajstić information content (AvgIpc) is 3.24. The fraction of sp³-hybridized carbons (Fsp3) is 0.500. The van der Waals surface area contributed by atoms with Crippen molar-refractivity contribution >= 4 is 6.03 Å². The highest BCUT2D eigenvalue weighted by Gasteiger charge is 2.15. The SMILES string of the molecule is COCCN(Cc1ccco1)C(=O)NCc1ccc(CN2CCCCC2)cc1. The van der Waals surface area contributed by atoms with Crippen LogP contribution in [0.2, 0.25) is 0 Å². The number of hydrogen-bond donors (Lipinski definition) is 1. The third-order valence-electron chi connectivity index (χ3n) is 5.10. The zero-order valence-electron chi connectivity index (χ0n) is 16.7. The van der Waals surface area contributed by atoms with Gasteiger partial charge >= 0.3 is 6.03 Å². The van der Waals surface area contributed by atoms with Gasteiger partial charge in [-0.25, -0.2) is 4.79 Å².